The summed E-state index contributed by atoms with van der Waals surface area (Å²) in [6.45, 7) is 1.31. The van der Waals surface area contributed by atoms with Crippen LogP contribution < -0.4 is 19.5 Å². The number of amides is 2. The van der Waals surface area contributed by atoms with E-state index in [4.69, 9.17) is 18.9 Å². The third-order valence-corrected chi connectivity index (χ3v) is 6.27. The number of carbonyl (C=O) groups excluding carboxylic acids is 3. The Morgan fingerprint density at radius 2 is 1.67 bits per heavy atom. The summed E-state index contributed by atoms with van der Waals surface area (Å²) in [7, 11) is 4.38. The molecule has 1 unspecified atom stereocenters. The van der Waals surface area contributed by atoms with Crippen molar-refractivity contribution >= 4 is 17.8 Å². The fraction of sp³-hybridized carbons (Fsp3) is 0.444. The molecule has 1 N–H and O–H groups in total. The van der Waals surface area contributed by atoms with Crippen molar-refractivity contribution in [3.8, 4) is 17.2 Å². The van der Waals surface area contributed by atoms with E-state index in [0.717, 1.165) is 5.75 Å². The number of likely N-dealkylation sites (tertiary alicyclic amines) is 1. The first-order valence-electron chi connectivity index (χ1n) is 12.0. The Hall–Kier alpha value is -3.75. The molecule has 1 saturated heterocycles. The van der Waals surface area contributed by atoms with Crippen LogP contribution in [0.25, 0.3) is 0 Å². The van der Waals surface area contributed by atoms with Gasteiger partial charge >= 0.3 is 5.97 Å². The molecule has 1 fully saturated rings. The van der Waals surface area contributed by atoms with Gasteiger partial charge in [0, 0.05) is 19.0 Å². The molecule has 9 heteroatoms. The van der Waals surface area contributed by atoms with Crippen LogP contribution in [-0.2, 0) is 19.1 Å². The van der Waals surface area contributed by atoms with Crippen molar-refractivity contribution in [3.05, 3.63) is 54.1 Å². The Bertz CT molecular complexity index is 1020. The maximum atomic E-state index is 13.1. The number of hydrogen-bond donors (Lipinski definition) is 1. The van der Waals surface area contributed by atoms with E-state index in [9.17, 15) is 14.4 Å². The zero-order valence-electron chi connectivity index (χ0n) is 21.0. The van der Waals surface area contributed by atoms with Gasteiger partial charge in [0.2, 0.25) is 11.8 Å². The van der Waals surface area contributed by atoms with Crippen LogP contribution in [0.4, 0.5) is 0 Å². The molecule has 0 aromatic heterocycles. The second kappa shape index (κ2) is 13.4. The first kappa shape index (κ1) is 26.8. The van der Waals surface area contributed by atoms with Crippen LogP contribution in [0.2, 0.25) is 0 Å². The van der Waals surface area contributed by atoms with Gasteiger partial charge in [0.25, 0.3) is 0 Å². The summed E-state index contributed by atoms with van der Waals surface area (Å²) in [4.78, 5) is 39.5. The predicted molar refractivity (Wildman–Crippen MR) is 133 cm³/mol. The summed E-state index contributed by atoms with van der Waals surface area (Å²) in [5.41, 5.74) is 0.706. The highest BCUT2D eigenvalue weighted by molar-refractivity contribution is 5.81. The van der Waals surface area contributed by atoms with Crippen molar-refractivity contribution in [3.63, 3.8) is 0 Å². The minimum absolute atomic E-state index is 0.0127. The normalized spacial score (nSPS) is 14.5. The molecule has 0 radical (unpaired) electrons. The number of rotatable bonds is 11. The van der Waals surface area contributed by atoms with E-state index in [1.807, 2.05) is 30.3 Å². The highest BCUT2D eigenvalue weighted by atomic mass is 16.5. The molecule has 2 aromatic carbocycles. The quantitative estimate of drug-likeness (QED) is 0.475. The zero-order chi connectivity index (χ0) is 25.9. The average Bonchev–Trinajstić information content (AvgIpc) is 2.92. The Balaban J connectivity index is 1.54. The maximum absolute atomic E-state index is 13.1. The molecular formula is C27H34N2O7. The van der Waals surface area contributed by atoms with Gasteiger partial charge in [0.15, 0.2) is 11.5 Å². The molecule has 36 heavy (non-hydrogen) atoms. The smallest absolute Gasteiger partial charge is 0.307 e. The number of ether oxygens (including phenoxy) is 4. The number of piperidine rings is 1. The second-order valence-electron chi connectivity index (χ2n) is 8.52. The van der Waals surface area contributed by atoms with Crippen LogP contribution >= 0.6 is 0 Å². The Kier molecular flexibility index (Phi) is 9.97. The monoisotopic (exact) mass is 498 g/mol. The van der Waals surface area contributed by atoms with Gasteiger partial charge in [0.1, 0.15) is 5.75 Å². The molecule has 9 nitrogen and oxygen atoms in total. The third-order valence-electron chi connectivity index (χ3n) is 6.27. The largest absolute Gasteiger partial charge is 0.493 e. The highest BCUT2D eigenvalue weighted by Crippen LogP contribution is 2.31. The summed E-state index contributed by atoms with van der Waals surface area (Å²) < 4.78 is 21.1. The van der Waals surface area contributed by atoms with Crippen molar-refractivity contribution in [1.29, 1.82) is 0 Å². The van der Waals surface area contributed by atoms with Gasteiger partial charge in [-0.25, -0.2) is 0 Å². The summed E-state index contributed by atoms with van der Waals surface area (Å²) in [5, 5.41) is 2.99. The summed E-state index contributed by atoms with van der Waals surface area (Å²) in [5.74, 6) is 0.953. The number of benzene rings is 2. The van der Waals surface area contributed by atoms with Crippen molar-refractivity contribution in [1.82, 2.24) is 10.2 Å². The SMILES string of the molecule is COC(=O)CC(NC(=O)C1CCN(C(=O)CCOc2ccccc2)CC1)c1ccc(OC)c(OC)c1. The van der Waals surface area contributed by atoms with E-state index < -0.39 is 12.0 Å². The summed E-state index contributed by atoms with van der Waals surface area (Å²) >= 11 is 0. The molecule has 2 aromatic rings. The van der Waals surface area contributed by atoms with Gasteiger partial charge in [-0.3, -0.25) is 14.4 Å². The standard InChI is InChI=1S/C27H34N2O7/c1-33-23-10-9-20(17-24(23)34-2)22(18-26(31)35-3)28-27(32)19-11-14-29(15-12-19)25(30)13-16-36-21-7-5-4-6-8-21/h4-10,17,19,22H,11-16,18H2,1-3H3,(H,28,32). The Labute approximate surface area is 211 Å². The molecule has 1 aliphatic rings. The van der Waals surface area contributed by atoms with Crippen LogP contribution in [0, 0.1) is 5.92 Å². The van der Waals surface area contributed by atoms with E-state index in [1.54, 1.807) is 30.2 Å². The number of nitrogens with zero attached hydrogens (tertiary/aromatic N) is 1. The molecule has 0 saturated carbocycles. The van der Waals surface area contributed by atoms with Gasteiger partial charge in [-0.15, -0.1) is 0 Å². The Morgan fingerprint density at radius 1 is 0.972 bits per heavy atom. The molecule has 0 aliphatic carbocycles. The summed E-state index contributed by atoms with van der Waals surface area (Å²) in [6.07, 6.45) is 1.37. The molecule has 1 aliphatic heterocycles. The van der Waals surface area contributed by atoms with E-state index in [2.05, 4.69) is 5.32 Å². The topological polar surface area (TPSA) is 103 Å². The van der Waals surface area contributed by atoms with E-state index in [-0.39, 0.29) is 30.6 Å². The number of carbonyl (C=O) groups is 3. The van der Waals surface area contributed by atoms with Crippen LogP contribution in [-0.4, -0.2) is 63.7 Å². The molecule has 1 atom stereocenters. The van der Waals surface area contributed by atoms with Crippen LogP contribution in [0.3, 0.4) is 0 Å². The first-order valence-corrected chi connectivity index (χ1v) is 12.0. The lowest BCUT2D eigenvalue weighted by molar-refractivity contribution is -0.142. The average molecular weight is 499 g/mol. The van der Waals surface area contributed by atoms with Crippen LogP contribution in [0.5, 0.6) is 17.2 Å². The van der Waals surface area contributed by atoms with Gasteiger partial charge in [-0.1, -0.05) is 24.3 Å². The number of para-hydroxylation sites is 1. The highest BCUT2D eigenvalue weighted by Gasteiger charge is 2.29. The zero-order valence-corrected chi connectivity index (χ0v) is 21.0. The van der Waals surface area contributed by atoms with Crippen molar-refractivity contribution < 1.29 is 33.3 Å². The van der Waals surface area contributed by atoms with Crippen molar-refractivity contribution in [2.24, 2.45) is 5.92 Å². The van der Waals surface area contributed by atoms with Crippen molar-refractivity contribution in [2.75, 3.05) is 41.0 Å². The van der Waals surface area contributed by atoms with Gasteiger partial charge in [-0.05, 0) is 42.7 Å². The van der Waals surface area contributed by atoms with Gasteiger partial charge in [0.05, 0.1) is 46.8 Å². The number of methoxy groups -OCH3 is 3. The summed E-state index contributed by atoms with van der Waals surface area (Å²) in [6, 6.07) is 14.1. The molecule has 2 amide bonds. The van der Waals surface area contributed by atoms with Gasteiger partial charge < -0.3 is 29.2 Å². The van der Waals surface area contributed by atoms with Gasteiger partial charge in [-0.2, -0.15) is 0 Å². The van der Waals surface area contributed by atoms with Crippen LogP contribution in [0.1, 0.15) is 37.3 Å². The third kappa shape index (κ3) is 7.37. The fourth-order valence-electron chi connectivity index (χ4n) is 4.18. The number of esters is 1. The second-order valence-corrected chi connectivity index (χ2v) is 8.52. The number of hydrogen-bond acceptors (Lipinski definition) is 7. The lowest BCUT2D eigenvalue weighted by atomic mass is 9.94. The van der Waals surface area contributed by atoms with E-state index >= 15 is 0 Å². The molecule has 1 heterocycles. The lowest BCUT2D eigenvalue weighted by Crippen LogP contribution is -2.44. The van der Waals surface area contributed by atoms with Crippen molar-refractivity contribution in [2.45, 2.75) is 31.7 Å². The molecule has 194 valence electrons. The molecule has 0 bridgehead atoms. The van der Waals surface area contributed by atoms with Crippen LogP contribution in [0.15, 0.2) is 48.5 Å². The minimum Gasteiger partial charge on any atom is -0.493 e. The first-order chi connectivity index (χ1) is 17.4. The lowest BCUT2D eigenvalue weighted by Gasteiger charge is -2.32. The van der Waals surface area contributed by atoms with E-state index in [1.165, 1.54) is 14.2 Å². The molecule has 3 rings (SSSR count). The minimum atomic E-state index is -0.584. The van der Waals surface area contributed by atoms with E-state index in [0.29, 0.717) is 49.6 Å². The predicted octanol–water partition coefficient (Wildman–Crippen LogP) is 3.13. The number of nitrogens with one attached hydrogen (secondary N) is 1. The fourth-order valence-corrected chi connectivity index (χ4v) is 4.18. The maximum Gasteiger partial charge on any atom is 0.307 e. The molecular weight excluding hydrogens is 464 g/mol. The molecule has 0 spiro atoms. The Morgan fingerprint density at radius 3 is 2.31 bits per heavy atom.